The average Bonchev–Trinajstić information content (AvgIpc) is 3.33. The lowest BCUT2D eigenvalue weighted by Gasteiger charge is -2.21. The molecular weight excluding hydrogens is 402 g/mol. The lowest BCUT2D eigenvalue weighted by Crippen LogP contribution is -2.35. The molecule has 32 heavy (non-hydrogen) atoms. The topological polar surface area (TPSA) is 72.5 Å². The molecule has 2 aromatic carbocycles. The molecule has 0 spiro atoms. The molecule has 6 nitrogen and oxygen atoms in total. The molecule has 0 unspecified atom stereocenters. The van der Waals surface area contributed by atoms with Gasteiger partial charge in [0.25, 0.3) is 5.91 Å². The summed E-state index contributed by atoms with van der Waals surface area (Å²) in [4.78, 5) is 17.5. The number of fused-ring (bicyclic) bond motifs is 1. The molecule has 1 aromatic heterocycles. The van der Waals surface area contributed by atoms with Crippen LogP contribution in [0.15, 0.2) is 48.7 Å². The number of rotatable bonds is 5. The third-order valence-electron chi connectivity index (χ3n) is 6.19. The van der Waals surface area contributed by atoms with Crippen LogP contribution in [0.25, 0.3) is 10.9 Å². The van der Waals surface area contributed by atoms with E-state index in [-0.39, 0.29) is 11.4 Å². The fraction of sp³-hybridized carbons (Fsp3) is 0.385. The summed E-state index contributed by atoms with van der Waals surface area (Å²) in [5.41, 5.74) is 3.08. The summed E-state index contributed by atoms with van der Waals surface area (Å²) in [5.74, 6) is 1.32. The van der Waals surface area contributed by atoms with Crippen molar-refractivity contribution >= 4 is 16.8 Å². The lowest BCUT2D eigenvalue weighted by atomic mass is 9.97. The first-order valence-corrected chi connectivity index (χ1v) is 11.2. The SMILES string of the molecule is C1CCNC1.COc1ccc(C)c(C(=O)NC2(c3cc(OC)cc4ncccc34)CC2)c1. The second-order valence-corrected chi connectivity index (χ2v) is 8.42. The molecule has 2 N–H and O–H groups in total. The molecule has 2 heterocycles. The molecule has 5 rings (SSSR count). The molecule has 0 bridgehead atoms. The molecule has 2 fully saturated rings. The Kier molecular flexibility index (Phi) is 6.61. The standard InChI is InChI=1S/C22H22N2O3.C4H9N/c1-14-6-7-15(26-2)11-18(14)21(25)24-22(8-9-22)19-12-16(27-3)13-20-17(19)5-4-10-23-20;1-2-4-5-3-1/h4-7,10-13H,8-9H2,1-3H3,(H,24,25);5H,1-4H2. The number of nitrogens with zero attached hydrogens (tertiary/aromatic N) is 1. The fourth-order valence-corrected chi connectivity index (χ4v) is 4.14. The van der Waals surface area contributed by atoms with Crippen molar-refractivity contribution in [3.63, 3.8) is 0 Å². The van der Waals surface area contributed by atoms with Gasteiger partial charge < -0.3 is 20.1 Å². The molecule has 1 aliphatic carbocycles. The van der Waals surface area contributed by atoms with E-state index >= 15 is 0 Å². The van der Waals surface area contributed by atoms with Crippen molar-refractivity contribution < 1.29 is 14.3 Å². The smallest absolute Gasteiger partial charge is 0.252 e. The lowest BCUT2D eigenvalue weighted by molar-refractivity contribution is 0.0930. The van der Waals surface area contributed by atoms with E-state index in [1.54, 1.807) is 26.5 Å². The minimum Gasteiger partial charge on any atom is -0.497 e. The van der Waals surface area contributed by atoms with Gasteiger partial charge >= 0.3 is 0 Å². The molecule has 0 atom stereocenters. The Hall–Kier alpha value is -3.12. The van der Waals surface area contributed by atoms with Gasteiger partial charge in [0.2, 0.25) is 0 Å². The summed E-state index contributed by atoms with van der Waals surface area (Å²) in [6.07, 6.45) is 6.32. The van der Waals surface area contributed by atoms with E-state index < -0.39 is 0 Å². The zero-order valence-electron chi connectivity index (χ0n) is 19.0. The maximum Gasteiger partial charge on any atom is 0.252 e. The summed E-state index contributed by atoms with van der Waals surface area (Å²) in [6.45, 7) is 4.43. The van der Waals surface area contributed by atoms with Crippen molar-refractivity contribution in [1.82, 2.24) is 15.6 Å². The monoisotopic (exact) mass is 433 g/mol. The van der Waals surface area contributed by atoms with E-state index in [4.69, 9.17) is 9.47 Å². The number of carbonyl (C=O) groups is 1. The van der Waals surface area contributed by atoms with Gasteiger partial charge in [-0.25, -0.2) is 0 Å². The number of carbonyl (C=O) groups excluding carboxylic acids is 1. The molecule has 0 radical (unpaired) electrons. The van der Waals surface area contributed by atoms with Gasteiger partial charge in [-0.15, -0.1) is 0 Å². The number of aryl methyl sites for hydroxylation is 1. The van der Waals surface area contributed by atoms with Crippen molar-refractivity contribution in [2.24, 2.45) is 0 Å². The van der Waals surface area contributed by atoms with E-state index in [0.717, 1.165) is 40.6 Å². The van der Waals surface area contributed by atoms with Crippen LogP contribution in [0.5, 0.6) is 11.5 Å². The summed E-state index contributed by atoms with van der Waals surface area (Å²) >= 11 is 0. The molecule has 1 saturated carbocycles. The predicted octanol–water partition coefficient (Wildman–Crippen LogP) is 4.35. The van der Waals surface area contributed by atoms with Gasteiger partial charge in [0.15, 0.2) is 0 Å². The number of pyridine rings is 1. The number of benzene rings is 2. The number of methoxy groups -OCH3 is 2. The zero-order chi connectivity index (χ0) is 22.6. The van der Waals surface area contributed by atoms with Crippen LogP contribution < -0.4 is 20.1 Å². The second kappa shape index (κ2) is 9.57. The predicted molar refractivity (Wildman–Crippen MR) is 127 cm³/mol. The Bertz CT molecular complexity index is 1100. The molecule has 6 heteroatoms. The number of ether oxygens (including phenoxy) is 2. The van der Waals surface area contributed by atoms with Gasteiger partial charge in [-0.3, -0.25) is 9.78 Å². The number of aromatic nitrogens is 1. The Labute approximate surface area is 189 Å². The largest absolute Gasteiger partial charge is 0.497 e. The van der Waals surface area contributed by atoms with Gasteiger partial charge in [0.1, 0.15) is 11.5 Å². The van der Waals surface area contributed by atoms with Crippen LogP contribution in [-0.4, -0.2) is 38.2 Å². The Balaban J connectivity index is 0.000000433. The maximum absolute atomic E-state index is 13.0. The number of hydrogen-bond acceptors (Lipinski definition) is 5. The molecule has 2 aliphatic rings. The van der Waals surface area contributed by atoms with Crippen molar-refractivity contribution in [3.8, 4) is 11.5 Å². The molecule has 1 saturated heterocycles. The highest BCUT2D eigenvalue weighted by atomic mass is 16.5. The molecule has 168 valence electrons. The minimum atomic E-state index is -0.386. The molecule has 1 aliphatic heterocycles. The van der Waals surface area contributed by atoms with Crippen LogP contribution in [0.2, 0.25) is 0 Å². The molecular formula is C26H31N3O3. The van der Waals surface area contributed by atoms with E-state index in [1.807, 2.05) is 43.3 Å². The Morgan fingerprint density at radius 2 is 1.78 bits per heavy atom. The second-order valence-electron chi connectivity index (χ2n) is 8.42. The van der Waals surface area contributed by atoms with E-state index in [0.29, 0.717) is 11.3 Å². The number of hydrogen-bond donors (Lipinski definition) is 2. The van der Waals surface area contributed by atoms with Crippen molar-refractivity contribution in [1.29, 1.82) is 0 Å². The van der Waals surface area contributed by atoms with Crippen molar-refractivity contribution in [2.75, 3.05) is 27.3 Å². The highest BCUT2D eigenvalue weighted by molar-refractivity contribution is 5.97. The Morgan fingerprint density at radius 1 is 1.03 bits per heavy atom. The summed E-state index contributed by atoms with van der Waals surface area (Å²) in [7, 11) is 3.25. The van der Waals surface area contributed by atoms with Gasteiger partial charge in [-0.1, -0.05) is 12.1 Å². The quantitative estimate of drug-likeness (QED) is 0.626. The summed E-state index contributed by atoms with van der Waals surface area (Å²) in [5, 5.41) is 7.52. The first-order valence-electron chi connectivity index (χ1n) is 11.2. The van der Waals surface area contributed by atoms with Crippen LogP contribution in [0.4, 0.5) is 0 Å². The van der Waals surface area contributed by atoms with Gasteiger partial charge in [0.05, 0.1) is 25.3 Å². The van der Waals surface area contributed by atoms with Crippen LogP contribution in [0, 0.1) is 6.92 Å². The van der Waals surface area contributed by atoms with E-state index in [9.17, 15) is 4.79 Å². The zero-order valence-corrected chi connectivity index (χ0v) is 19.0. The fourth-order valence-electron chi connectivity index (χ4n) is 4.14. The Morgan fingerprint density at radius 3 is 2.41 bits per heavy atom. The van der Waals surface area contributed by atoms with Crippen molar-refractivity contribution in [3.05, 3.63) is 65.4 Å². The first kappa shape index (κ1) is 22.1. The van der Waals surface area contributed by atoms with Gasteiger partial charge in [-0.2, -0.15) is 0 Å². The van der Waals surface area contributed by atoms with Crippen LogP contribution in [-0.2, 0) is 5.54 Å². The van der Waals surface area contributed by atoms with E-state index in [2.05, 4.69) is 15.6 Å². The average molecular weight is 434 g/mol. The third kappa shape index (κ3) is 4.70. The van der Waals surface area contributed by atoms with Crippen LogP contribution in [0.3, 0.4) is 0 Å². The van der Waals surface area contributed by atoms with Gasteiger partial charge in [-0.05, 0) is 81.1 Å². The van der Waals surface area contributed by atoms with Crippen molar-refractivity contribution in [2.45, 2.75) is 38.1 Å². The first-order chi connectivity index (χ1) is 15.6. The molecule has 3 aromatic rings. The summed E-state index contributed by atoms with van der Waals surface area (Å²) < 4.78 is 10.7. The molecule has 1 amide bonds. The maximum atomic E-state index is 13.0. The van der Waals surface area contributed by atoms with Crippen LogP contribution >= 0.6 is 0 Å². The third-order valence-corrected chi connectivity index (χ3v) is 6.19. The van der Waals surface area contributed by atoms with E-state index in [1.165, 1.54) is 25.9 Å². The minimum absolute atomic E-state index is 0.0937. The van der Waals surface area contributed by atoms with Crippen LogP contribution in [0.1, 0.15) is 47.2 Å². The highest BCUT2D eigenvalue weighted by Gasteiger charge is 2.47. The summed E-state index contributed by atoms with van der Waals surface area (Å²) in [6, 6.07) is 13.4. The normalized spacial score (nSPS) is 16.1. The number of amides is 1. The highest BCUT2D eigenvalue weighted by Crippen LogP contribution is 2.49. The van der Waals surface area contributed by atoms with Gasteiger partial charge in [0, 0.05) is 23.2 Å². The number of nitrogens with one attached hydrogen (secondary N) is 2.